The van der Waals surface area contributed by atoms with Crippen molar-refractivity contribution >= 4 is 11.8 Å². The summed E-state index contributed by atoms with van der Waals surface area (Å²) < 4.78 is 11.4. The number of phenolic OH excluding ortho intramolecular Hbond substituents is 1. The second-order valence-corrected chi connectivity index (χ2v) is 6.49. The van der Waals surface area contributed by atoms with E-state index in [0.717, 1.165) is 5.56 Å². The van der Waals surface area contributed by atoms with E-state index in [1.54, 1.807) is 50.4 Å². The first-order valence-electron chi connectivity index (χ1n) is 9.31. The van der Waals surface area contributed by atoms with Gasteiger partial charge in [-0.3, -0.25) is 9.59 Å². The van der Waals surface area contributed by atoms with E-state index in [-0.39, 0.29) is 35.6 Å². The Morgan fingerprint density at radius 3 is 2.37 bits per heavy atom. The number of benzene rings is 2. The summed E-state index contributed by atoms with van der Waals surface area (Å²) in [5.74, 6) is -0.838. The fourth-order valence-corrected chi connectivity index (χ4v) is 2.98. The van der Waals surface area contributed by atoms with Gasteiger partial charge in [-0.25, -0.2) is 4.79 Å². The van der Waals surface area contributed by atoms with E-state index in [4.69, 9.17) is 9.47 Å². The van der Waals surface area contributed by atoms with Crippen molar-refractivity contribution in [3.8, 4) is 11.5 Å². The number of aromatic nitrogens is 1. The van der Waals surface area contributed by atoms with Crippen LogP contribution in [-0.2, 0) is 11.3 Å². The van der Waals surface area contributed by atoms with E-state index < -0.39 is 17.3 Å². The van der Waals surface area contributed by atoms with Crippen LogP contribution in [0.5, 0.6) is 11.5 Å². The molecule has 7 nitrogen and oxygen atoms in total. The van der Waals surface area contributed by atoms with Crippen LogP contribution in [0.3, 0.4) is 0 Å². The molecule has 0 saturated heterocycles. The van der Waals surface area contributed by atoms with Crippen LogP contribution < -0.4 is 10.3 Å². The van der Waals surface area contributed by atoms with E-state index in [2.05, 4.69) is 0 Å². The van der Waals surface area contributed by atoms with Crippen LogP contribution in [0.1, 0.15) is 38.8 Å². The van der Waals surface area contributed by atoms with E-state index in [9.17, 15) is 19.5 Å². The molecule has 0 radical (unpaired) electrons. The average Bonchev–Trinajstić information content (AvgIpc) is 2.75. The summed E-state index contributed by atoms with van der Waals surface area (Å²) in [7, 11) is 1.55. The molecule has 0 spiro atoms. The van der Waals surface area contributed by atoms with Gasteiger partial charge < -0.3 is 19.1 Å². The Hall–Kier alpha value is -3.87. The molecule has 0 fully saturated rings. The molecule has 0 unspecified atom stereocenters. The molecule has 1 N–H and O–H groups in total. The smallest absolute Gasteiger partial charge is 0.343 e. The largest absolute Gasteiger partial charge is 0.507 e. The Kier molecular flexibility index (Phi) is 6.32. The third-order valence-corrected chi connectivity index (χ3v) is 4.50. The first kappa shape index (κ1) is 20.9. The topological polar surface area (TPSA) is 94.8 Å². The number of carbonyl (C=O) groups is 2. The van der Waals surface area contributed by atoms with Gasteiger partial charge in [0.1, 0.15) is 17.1 Å². The fourth-order valence-electron chi connectivity index (χ4n) is 2.98. The third-order valence-electron chi connectivity index (χ3n) is 4.50. The molecule has 0 aliphatic rings. The standard InChI is InChI=1S/C23H21NO6/c1-3-30-23(28)19-12-16(21(26)18-6-4-5-7-20(18)25)14-24(22(19)27)13-15-8-10-17(29-2)11-9-15/h4-12,14,25H,3,13H2,1-2H3. The zero-order valence-corrected chi connectivity index (χ0v) is 16.6. The lowest BCUT2D eigenvalue weighted by Crippen LogP contribution is -2.29. The molecular weight excluding hydrogens is 386 g/mol. The van der Waals surface area contributed by atoms with Crippen LogP contribution in [0.15, 0.2) is 65.6 Å². The van der Waals surface area contributed by atoms with Gasteiger partial charge in [-0.05, 0) is 42.8 Å². The van der Waals surface area contributed by atoms with Crippen molar-refractivity contribution in [2.45, 2.75) is 13.5 Å². The quantitative estimate of drug-likeness (QED) is 0.478. The van der Waals surface area contributed by atoms with E-state index in [1.807, 2.05) is 0 Å². The maximum Gasteiger partial charge on any atom is 0.343 e. The van der Waals surface area contributed by atoms with Gasteiger partial charge >= 0.3 is 5.97 Å². The predicted molar refractivity (Wildman–Crippen MR) is 110 cm³/mol. The number of hydrogen-bond acceptors (Lipinski definition) is 6. The second-order valence-electron chi connectivity index (χ2n) is 6.49. The molecular formula is C23H21NO6. The molecule has 0 bridgehead atoms. The van der Waals surface area contributed by atoms with Gasteiger partial charge in [0.15, 0.2) is 5.78 Å². The van der Waals surface area contributed by atoms with E-state index in [0.29, 0.717) is 5.75 Å². The van der Waals surface area contributed by atoms with Gasteiger partial charge in [0.2, 0.25) is 0 Å². The number of ether oxygens (including phenoxy) is 2. The van der Waals surface area contributed by atoms with Crippen LogP contribution in [0.2, 0.25) is 0 Å². The first-order chi connectivity index (χ1) is 14.4. The number of nitrogens with zero attached hydrogens (tertiary/aromatic N) is 1. The lowest BCUT2D eigenvalue weighted by atomic mass is 10.0. The van der Waals surface area contributed by atoms with Gasteiger partial charge in [-0.15, -0.1) is 0 Å². The molecule has 2 aromatic carbocycles. The highest BCUT2D eigenvalue weighted by atomic mass is 16.5. The Labute approximate surface area is 173 Å². The molecule has 0 saturated carbocycles. The summed E-state index contributed by atoms with van der Waals surface area (Å²) in [5.41, 5.74) is 0.124. The number of hydrogen-bond donors (Lipinski definition) is 1. The number of rotatable bonds is 7. The lowest BCUT2D eigenvalue weighted by molar-refractivity contribution is 0.0523. The minimum atomic E-state index is -0.807. The Morgan fingerprint density at radius 1 is 1.03 bits per heavy atom. The summed E-state index contributed by atoms with van der Waals surface area (Å²) in [6.07, 6.45) is 1.38. The zero-order chi connectivity index (χ0) is 21.7. The average molecular weight is 407 g/mol. The fraction of sp³-hybridized carbons (Fsp3) is 0.174. The summed E-state index contributed by atoms with van der Waals surface area (Å²) in [5, 5.41) is 10.0. The maximum absolute atomic E-state index is 13.0. The predicted octanol–water partition coefficient (Wildman–Crippen LogP) is 3.02. The number of para-hydroxylation sites is 1. The molecule has 3 rings (SSSR count). The van der Waals surface area contributed by atoms with E-state index in [1.165, 1.54) is 29.0 Å². The SMILES string of the molecule is CCOC(=O)c1cc(C(=O)c2ccccc2O)cn(Cc2ccc(OC)cc2)c1=O. The van der Waals surface area contributed by atoms with Crippen molar-refractivity contribution in [2.75, 3.05) is 13.7 Å². The van der Waals surface area contributed by atoms with Crippen LogP contribution in [0.4, 0.5) is 0 Å². The minimum absolute atomic E-state index is 0.0713. The maximum atomic E-state index is 13.0. The summed E-state index contributed by atoms with van der Waals surface area (Å²) >= 11 is 0. The second kappa shape index (κ2) is 9.09. The number of aromatic hydroxyl groups is 1. The number of carbonyl (C=O) groups excluding carboxylic acids is 2. The van der Waals surface area contributed by atoms with Gasteiger partial charge in [-0.2, -0.15) is 0 Å². The summed E-state index contributed by atoms with van der Waals surface area (Å²) in [6.45, 7) is 1.86. The lowest BCUT2D eigenvalue weighted by Gasteiger charge is -2.12. The van der Waals surface area contributed by atoms with Crippen LogP contribution in [-0.4, -0.2) is 35.1 Å². The van der Waals surface area contributed by atoms with Gasteiger partial charge in [0, 0.05) is 11.8 Å². The Balaban J connectivity index is 2.08. The summed E-state index contributed by atoms with van der Waals surface area (Å²) in [6, 6.07) is 14.4. The molecule has 0 amide bonds. The van der Waals surface area contributed by atoms with Crippen LogP contribution >= 0.6 is 0 Å². The molecule has 7 heteroatoms. The van der Waals surface area contributed by atoms with Crippen molar-refractivity contribution in [3.05, 3.63) is 93.4 Å². The van der Waals surface area contributed by atoms with Gasteiger partial charge in [0.05, 0.1) is 25.8 Å². The third kappa shape index (κ3) is 4.41. The zero-order valence-electron chi connectivity index (χ0n) is 16.6. The monoisotopic (exact) mass is 407 g/mol. The number of esters is 1. The molecule has 3 aromatic rings. The molecule has 1 heterocycles. The number of ketones is 1. The highest BCUT2D eigenvalue weighted by molar-refractivity contribution is 6.11. The van der Waals surface area contributed by atoms with Crippen LogP contribution in [0, 0.1) is 0 Å². The molecule has 1 aromatic heterocycles. The molecule has 0 aliphatic heterocycles. The Morgan fingerprint density at radius 2 is 1.73 bits per heavy atom. The summed E-state index contributed by atoms with van der Waals surface area (Å²) in [4.78, 5) is 38.1. The van der Waals surface area contributed by atoms with E-state index >= 15 is 0 Å². The minimum Gasteiger partial charge on any atom is -0.507 e. The van der Waals surface area contributed by atoms with Crippen molar-refractivity contribution in [1.29, 1.82) is 0 Å². The normalized spacial score (nSPS) is 10.5. The van der Waals surface area contributed by atoms with Crippen molar-refractivity contribution < 1.29 is 24.2 Å². The molecule has 154 valence electrons. The Bertz CT molecular complexity index is 1130. The molecule has 0 aliphatic carbocycles. The van der Waals surface area contributed by atoms with Crippen molar-refractivity contribution in [2.24, 2.45) is 0 Å². The number of pyridine rings is 1. The van der Waals surface area contributed by atoms with Gasteiger partial charge in [0.25, 0.3) is 5.56 Å². The molecule has 0 atom stereocenters. The number of phenols is 1. The van der Waals surface area contributed by atoms with Crippen molar-refractivity contribution in [3.63, 3.8) is 0 Å². The number of methoxy groups -OCH3 is 1. The van der Waals surface area contributed by atoms with Gasteiger partial charge in [-0.1, -0.05) is 24.3 Å². The highest BCUT2D eigenvalue weighted by Crippen LogP contribution is 2.20. The molecule has 30 heavy (non-hydrogen) atoms. The first-order valence-corrected chi connectivity index (χ1v) is 9.31. The van der Waals surface area contributed by atoms with Crippen molar-refractivity contribution in [1.82, 2.24) is 4.57 Å². The highest BCUT2D eigenvalue weighted by Gasteiger charge is 2.21. The van der Waals surface area contributed by atoms with Crippen LogP contribution in [0.25, 0.3) is 0 Å².